The molecule has 1 heterocycles. The summed E-state index contributed by atoms with van der Waals surface area (Å²) in [5.74, 6) is 0.768. The molecule has 5 rings (SSSR count). The minimum atomic E-state index is -0.323. The smallest absolute Gasteiger partial charge is 0.282 e. The van der Waals surface area contributed by atoms with E-state index in [2.05, 4.69) is 26.0 Å². The van der Waals surface area contributed by atoms with Crippen LogP contribution < -0.4 is 10.3 Å². The van der Waals surface area contributed by atoms with Crippen molar-refractivity contribution in [3.63, 3.8) is 0 Å². The molecule has 5 nitrogen and oxygen atoms in total. The van der Waals surface area contributed by atoms with Crippen LogP contribution in [0.5, 0.6) is 5.75 Å². The molecule has 0 aliphatic heterocycles. The Labute approximate surface area is 209 Å². The van der Waals surface area contributed by atoms with Gasteiger partial charge in [-0.1, -0.05) is 71.4 Å². The van der Waals surface area contributed by atoms with Crippen molar-refractivity contribution in [2.75, 3.05) is 0 Å². The maximum Gasteiger partial charge on any atom is 0.282 e. The maximum absolute atomic E-state index is 14.1. The van der Waals surface area contributed by atoms with Crippen molar-refractivity contribution < 1.29 is 9.13 Å². The summed E-state index contributed by atoms with van der Waals surface area (Å²) in [5, 5.41) is 6.94. The molecule has 7 heteroatoms. The first kappa shape index (κ1) is 22.9. The zero-order valence-electron chi connectivity index (χ0n) is 18.9. The highest BCUT2D eigenvalue weighted by Gasteiger charge is 2.12. The normalized spacial score (nSPS) is 11.5. The first-order chi connectivity index (χ1) is 17.0. The Morgan fingerprint density at radius 2 is 1.83 bits per heavy atom. The number of hydrogen-bond acceptors (Lipinski definition) is 4. The Morgan fingerprint density at radius 3 is 2.66 bits per heavy atom. The summed E-state index contributed by atoms with van der Waals surface area (Å²) in [6.07, 6.45) is 2.15. The van der Waals surface area contributed by atoms with E-state index in [-0.39, 0.29) is 18.0 Å². The maximum atomic E-state index is 14.1. The molecule has 5 aromatic rings. The van der Waals surface area contributed by atoms with E-state index in [4.69, 9.17) is 4.74 Å². The van der Waals surface area contributed by atoms with Crippen LogP contribution in [0.4, 0.5) is 4.39 Å². The van der Waals surface area contributed by atoms with Crippen LogP contribution in [0.1, 0.15) is 23.9 Å². The third-order valence-electron chi connectivity index (χ3n) is 5.77. The van der Waals surface area contributed by atoms with E-state index in [9.17, 15) is 9.18 Å². The number of aromatic nitrogens is 2. The molecule has 0 spiro atoms. The van der Waals surface area contributed by atoms with E-state index in [0.29, 0.717) is 40.0 Å². The van der Waals surface area contributed by atoms with Crippen LogP contribution >= 0.6 is 15.9 Å². The van der Waals surface area contributed by atoms with Gasteiger partial charge in [0, 0.05) is 22.0 Å². The molecule has 0 unspecified atom stereocenters. The molecule has 0 N–H and O–H groups in total. The first-order valence-corrected chi connectivity index (χ1v) is 12.0. The second-order valence-corrected chi connectivity index (χ2v) is 8.90. The van der Waals surface area contributed by atoms with Gasteiger partial charge in [0.1, 0.15) is 24.0 Å². The van der Waals surface area contributed by atoms with Gasteiger partial charge >= 0.3 is 0 Å². The average Bonchev–Trinajstić information content (AvgIpc) is 2.88. The van der Waals surface area contributed by atoms with Crippen molar-refractivity contribution in [3.8, 4) is 5.75 Å². The fourth-order valence-corrected chi connectivity index (χ4v) is 4.32. The quantitative estimate of drug-likeness (QED) is 0.236. The Morgan fingerprint density at radius 1 is 1.03 bits per heavy atom. The Balaban J connectivity index is 1.61. The average molecular weight is 530 g/mol. The number of rotatable bonds is 6. The van der Waals surface area contributed by atoms with Crippen molar-refractivity contribution in [1.29, 1.82) is 0 Å². The SMILES string of the molecule is CCc1nc2ccc(Br)cc2c(=O)n1N=Cc1c(OCc2ccccc2F)ccc2ccccc12. The molecule has 35 heavy (non-hydrogen) atoms. The van der Waals surface area contributed by atoms with Crippen LogP contribution in [-0.4, -0.2) is 15.9 Å². The molecule has 0 amide bonds. The van der Waals surface area contributed by atoms with Gasteiger partial charge in [-0.3, -0.25) is 4.79 Å². The number of fused-ring (bicyclic) bond motifs is 2. The summed E-state index contributed by atoms with van der Waals surface area (Å²) in [6, 6.07) is 23.6. The molecule has 1 aromatic heterocycles. The minimum Gasteiger partial charge on any atom is -0.488 e. The lowest BCUT2D eigenvalue weighted by molar-refractivity contribution is 0.300. The van der Waals surface area contributed by atoms with Crippen LogP contribution in [-0.2, 0) is 13.0 Å². The zero-order chi connectivity index (χ0) is 24.4. The van der Waals surface area contributed by atoms with Crippen LogP contribution in [0.2, 0.25) is 0 Å². The largest absolute Gasteiger partial charge is 0.488 e. The molecule has 4 aromatic carbocycles. The van der Waals surface area contributed by atoms with E-state index < -0.39 is 0 Å². The van der Waals surface area contributed by atoms with Gasteiger partial charge in [-0.15, -0.1) is 0 Å². The van der Waals surface area contributed by atoms with Gasteiger partial charge in [-0.05, 0) is 41.1 Å². The molecule has 0 fully saturated rings. The van der Waals surface area contributed by atoms with Gasteiger partial charge in [0.2, 0.25) is 0 Å². The number of aryl methyl sites for hydroxylation is 1. The minimum absolute atomic E-state index is 0.0670. The molecule has 0 radical (unpaired) electrons. The summed E-state index contributed by atoms with van der Waals surface area (Å²) >= 11 is 3.42. The Kier molecular flexibility index (Phi) is 6.42. The van der Waals surface area contributed by atoms with Gasteiger partial charge in [-0.25, -0.2) is 9.37 Å². The summed E-state index contributed by atoms with van der Waals surface area (Å²) in [7, 11) is 0. The van der Waals surface area contributed by atoms with E-state index in [0.717, 1.165) is 15.2 Å². The topological polar surface area (TPSA) is 56.5 Å². The van der Waals surface area contributed by atoms with Crippen molar-refractivity contribution in [2.24, 2.45) is 5.10 Å². The van der Waals surface area contributed by atoms with E-state index >= 15 is 0 Å². The third kappa shape index (κ3) is 4.59. The monoisotopic (exact) mass is 529 g/mol. The Hall–Kier alpha value is -3.84. The van der Waals surface area contributed by atoms with Gasteiger partial charge in [0.05, 0.1) is 17.1 Å². The standard InChI is InChI=1S/C28H21BrFN3O2/c1-2-27-32-25-13-12-20(29)15-22(25)28(34)33(27)31-16-23-21-9-5-3-7-18(21)11-14-26(23)35-17-19-8-4-6-10-24(19)30/h3-16H,2,17H2,1H3. The van der Waals surface area contributed by atoms with Crippen LogP contribution in [0, 0.1) is 5.82 Å². The van der Waals surface area contributed by atoms with Crippen LogP contribution in [0.25, 0.3) is 21.7 Å². The number of benzene rings is 4. The van der Waals surface area contributed by atoms with Gasteiger partial charge in [0.25, 0.3) is 5.56 Å². The predicted octanol–water partition coefficient (Wildman–Crippen LogP) is 6.47. The van der Waals surface area contributed by atoms with Crippen molar-refractivity contribution in [1.82, 2.24) is 9.66 Å². The molecular formula is C28H21BrFN3O2. The lowest BCUT2D eigenvalue weighted by Gasteiger charge is -2.13. The molecule has 0 saturated heterocycles. The molecule has 0 atom stereocenters. The molecule has 0 aliphatic carbocycles. The molecule has 0 bridgehead atoms. The molecular weight excluding hydrogens is 509 g/mol. The van der Waals surface area contributed by atoms with Gasteiger partial charge in [-0.2, -0.15) is 9.78 Å². The lowest BCUT2D eigenvalue weighted by atomic mass is 10.0. The summed E-state index contributed by atoms with van der Waals surface area (Å²) < 4.78 is 22.3. The molecule has 0 aliphatic rings. The molecule has 174 valence electrons. The van der Waals surface area contributed by atoms with Crippen molar-refractivity contribution in [3.05, 3.63) is 116 Å². The number of hydrogen-bond donors (Lipinski definition) is 0. The predicted molar refractivity (Wildman–Crippen MR) is 141 cm³/mol. The highest BCUT2D eigenvalue weighted by Crippen LogP contribution is 2.28. The number of halogens is 2. The fraction of sp³-hybridized carbons (Fsp3) is 0.107. The second-order valence-electron chi connectivity index (χ2n) is 7.98. The van der Waals surface area contributed by atoms with E-state index in [1.165, 1.54) is 10.7 Å². The van der Waals surface area contributed by atoms with E-state index in [1.54, 1.807) is 30.5 Å². The number of ether oxygens (including phenoxy) is 1. The first-order valence-electron chi connectivity index (χ1n) is 11.2. The highest BCUT2D eigenvalue weighted by molar-refractivity contribution is 9.10. The van der Waals surface area contributed by atoms with Crippen LogP contribution in [0.3, 0.4) is 0 Å². The van der Waals surface area contributed by atoms with Crippen LogP contribution in [0.15, 0.2) is 93.2 Å². The Bertz CT molecular complexity index is 1650. The summed E-state index contributed by atoms with van der Waals surface area (Å²) in [4.78, 5) is 17.9. The van der Waals surface area contributed by atoms with Gasteiger partial charge in [0.15, 0.2) is 0 Å². The highest BCUT2D eigenvalue weighted by atomic mass is 79.9. The lowest BCUT2D eigenvalue weighted by Crippen LogP contribution is -2.22. The summed E-state index contributed by atoms with van der Waals surface area (Å²) in [6.45, 7) is 2.00. The third-order valence-corrected chi connectivity index (χ3v) is 6.26. The molecule has 0 saturated carbocycles. The van der Waals surface area contributed by atoms with Crippen molar-refractivity contribution in [2.45, 2.75) is 20.0 Å². The van der Waals surface area contributed by atoms with E-state index in [1.807, 2.05) is 55.5 Å². The van der Waals surface area contributed by atoms with Crippen molar-refractivity contribution >= 4 is 43.8 Å². The second kappa shape index (κ2) is 9.80. The zero-order valence-corrected chi connectivity index (χ0v) is 20.5. The fourth-order valence-electron chi connectivity index (χ4n) is 3.96. The summed E-state index contributed by atoms with van der Waals surface area (Å²) in [5.41, 5.74) is 1.53. The van der Waals surface area contributed by atoms with Gasteiger partial charge < -0.3 is 4.74 Å². The number of nitrogens with zero attached hydrogens (tertiary/aromatic N) is 3.